The number of carbonyl (C=O) groups is 1. The van der Waals surface area contributed by atoms with Gasteiger partial charge >= 0.3 is 5.97 Å². The number of fused-ring (bicyclic) bond motifs is 3. The number of piperidine rings is 1. The SMILES string of the molecule is CC(C)(C)c1ccc(C#CC2=CC3CC4(OC(=O)C=C24)C2CCCCN32)cc1. The molecule has 0 aromatic heterocycles. The number of esters is 1. The maximum Gasteiger partial charge on any atom is 0.332 e. The lowest BCUT2D eigenvalue weighted by atomic mass is 9.77. The minimum atomic E-state index is -0.461. The van der Waals surface area contributed by atoms with Crippen molar-refractivity contribution in [2.24, 2.45) is 0 Å². The van der Waals surface area contributed by atoms with E-state index in [-0.39, 0.29) is 11.4 Å². The molecule has 0 N–H and O–H groups in total. The van der Waals surface area contributed by atoms with Gasteiger partial charge in [0.25, 0.3) is 0 Å². The summed E-state index contributed by atoms with van der Waals surface area (Å²) < 4.78 is 5.97. The molecule has 5 rings (SSSR count). The van der Waals surface area contributed by atoms with E-state index in [0.29, 0.717) is 12.1 Å². The molecule has 3 heteroatoms. The quantitative estimate of drug-likeness (QED) is 0.506. The lowest BCUT2D eigenvalue weighted by Crippen LogP contribution is -2.48. The molecular weight excluding hydrogens is 346 g/mol. The summed E-state index contributed by atoms with van der Waals surface area (Å²) in [6.07, 6.45) is 8.39. The van der Waals surface area contributed by atoms with Gasteiger partial charge in [-0.25, -0.2) is 4.79 Å². The molecule has 1 aromatic carbocycles. The van der Waals surface area contributed by atoms with Crippen LogP contribution in [-0.4, -0.2) is 35.1 Å². The number of carbonyl (C=O) groups excluding carboxylic acids is 1. The third kappa shape index (κ3) is 2.66. The van der Waals surface area contributed by atoms with Crippen molar-refractivity contribution in [1.29, 1.82) is 0 Å². The molecule has 3 nitrogen and oxygen atoms in total. The first-order valence-corrected chi connectivity index (χ1v) is 10.4. The number of ether oxygens (including phenoxy) is 1. The van der Waals surface area contributed by atoms with Crippen LogP contribution in [0.15, 0.2) is 47.6 Å². The smallest absolute Gasteiger partial charge is 0.332 e. The maximum atomic E-state index is 12.2. The van der Waals surface area contributed by atoms with E-state index in [0.717, 1.165) is 36.1 Å². The molecule has 0 saturated carbocycles. The topological polar surface area (TPSA) is 29.5 Å². The van der Waals surface area contributed by atoms with Gasteiger partial charge in [0.15, 0.2) is 5.60 Å². The Hall–Kier alpha value is -2.31. The molecule has 1 spiro atoms. The molecule has 3 atom stereocenters. The second-order valence-electron chi connectivity index (χ2n) is 9.55. The standard InChI is InChI=1S/C25H27NO2/c1-24(2,3)19-11-8-17(9-12-19)7-10-18-14-20-16-25(21(18)15-23(27)28-25)22-6-4-5-13-26(20)22/h8-9,11-12,14-15,20,22H,4-6,13,16H2,1-3H3. The molecule has 2 bridgehead atoms. The lowest BCUT2D eigenvalue weighted by molar-refractivity contribution is -0.148. The second-order valence-corrected chi connectivity index (χ2v) is 9.55. The van der Waals surface area contributed by atoms with Gasteiger partial charge in [-0.2, -0.15) is 0 Å². The highest BCUT2D eigenvalue weighted by Gasteiger charge is 2.61. The van der Waals surface area contributed by atoms with Crippen LogP contribution in [0.2, 0.25) is 0 Å². The van der Waals surface area contributed by atoms with Crippen molar-refractivity contribution in [2.45, 2.75) is 69.6 Å². The van der Waals surface area contributed by atoms with Crippen LogP contribution in [0.4, 0.5) is 0 Å². The zero-order valence-corrected chi connectivity index (χ0v) is 16.9. The molecule has 28 heavy (non-hydrogen) atoms. The van der Waals surface area contributed by atoms with Gasteiger partial charge in [-0.15, -0.1) is 0 Å². The van der Waals surface area contributed by atoms with Gasteiger partial charge in [0, 0.05) is 35.2 Å². The molecule has 4 aliphatic rings. The number of hydrogen-bond acceptors (Lipinski definition) is 3. The monoisotopic (exact) mass is 373 g/mol. The highest BCUT2D eigenvalue weighted by Crippen LogP contribution is 2.53. The summed E-state index contributed by atoms with van der Waals surface area (Å²) >= 11 is 0. The number of nitrogens with zero attached hydrogens (tertiary/aromatic N) is 1. The van der Waals surface area contributed by atoms with Crippen molar-refractivity contribution in [1.82, 2.24) is 4.90 Å². The predicted octanol–water partition coefficient (Wildman–Crippen LogP) is 4.12. The fourth-order valence-electron chi connectivity index (χ4n) is 5.36. The van der Waals surface area contributed by atoms with Crippen LogP contribution < -0.4 is 0 Å². The van der Waals surface area contributed by atoms with E-state index in [9.17, 15) is 4.79 Å². The van der Waals surface area contributed by atoms with Crippen LogP contribution >= 0.6 is 0 Å². The number of benzene rings is 1. The third-order valence-corrected chi connectivity index (χ3v) is 6.76. The van der Waals surface area contributed by atoms with Gasteiger partial charge in [-0.05, 0) is 42.5 Å². The Morgan fingerprint density at radius 3 is 2.68 bits per heavy atom. The summed E-state index contributed by atoms with van der Waals surface area (Å²) in [6.45, 7) is 7.74. The minimum Gasteiger partial charge on any atom is -0.449 e. The zero-order valence-electron chi connectivity index (χ0n) is 16.9. The molecule has 3 heterocycles. The zero-order chi connectivity index (χ0) is 19.5. The molecule has 1 aromatic rings. The number of hydrogen-bond donors (Lipinski definition) is 0. The Labute approximate surface area is 167 Å². The normalized spacial score (nSPS) is 31.2. The highest BCUT2D eigenvalue weighted by molar-refractivity contribution is 5.90. The van der Waals surface area contributed by atoms with E-state index in [2.05, 4.69) is 67.9 Å². The Morgan fingerprint density at radius 2 is 1.93 bits per heavy atom. The molecule has 0 amide bonds. The van der Waals surface area contributed by atoms with Crippen molar-refractivity contribution < 1.29 is 9.53 Å². The second kappa shape index (κ2) is 6.09. The van der Waals surface area contributed by atoms with Crippen molar-refractivity contribution in [3.05, 3.63) is 58.7 Å². The van der Waals surface area contributed by atoms with Crippen LogP contribution in [0, 0.1) is 11.8 Å². The minimum absolute atomic E-state index is 0.139. The molecular formula is C25H27NO2. The Kier molecular flexibility index (Phi) is 3.87. The van der Waals surface area contributed by atoms with Gasteiger partial charge in [-0.1, -0.05) is 57.2 Å². The van der Waals surface area contributed by atoms with E-state index >= 15 is 0 Å². The van der Waals surface area contributed by atoms with E-state index in [1.807, 2.05) is 0 Å². The average Bonchev–Trinajstić information content (AvgIpc) is 3.15. The molecule has 1 aliphatic carbocycles. The van der Waals surface area contributed by atoms with Gasteiger partial charge in [0.1, 0.15) is 0 Å². The molecule has 3 aliphatic heterocycles. The third-order valence-electron chi connectivity index (χ3n) is 6.76. The van der Waals surface area contributed by atoms with Crippen LogP contribution in [0.1, 0.15) is 57.6 Å². The Morgan fingerprint density at radius 1 is 1.14 bits per heavy atom. The number of rotatable bonds is 0. The van der Waals surface area contributed by atoms with E-state index in [4.69, 9.17) is 4.74 Å². The molecule has 144 valence electrons. The molecule has 2 saturated heterocycles. The summed E-state index contributed by atoms with van der Waals surface area (Å²) in [7, 11) is 0. The van der Waals surface area contributed by atoms with Crippen molar-refractivity contribution in [3.63, 3.8) is 0 Å². The first-order chi connectivity index (χ1) is 13.4. The summed E-state index contributed by atoms with van der Waals surface area (Å²) in [5.41, 5.74) is 3.99. The molecule has 2 fully saturated rings. The predicted molar refractivity (Wildman–Crippen MR) is 110 cm³/mol. The van der Waals surface area contributed by atoms with Crippen LogP contribution in [-0.2, 0) is 14.9 Å². The van der Waals surface area contributed by atoms with Crippen LogP contribution in [0.25, 0.3) is 0 Å². The largest absolute Gasteiger partial charge is 0.449 e. The van der Waals surface area contributed by atoms with Gasteiger partial charge in [-0.3, -0.25) is 4.90 Å². The Balaban J connectivity index is 1.49. The first-order valence-electron chi connectivity index (χ1n) is 10.4. The van der Waals surface area contributed by atoms with Gasteiger partial charge < -0.3 is 4.74 Å². The molecule has 3 unspecified atom stereocenters. The highest BCUT2D eigenvalue weighted by atomic mass is 16.6. The fraction of sp³-hybridized carbons (Fsp3) is 0.480. The molecule has 0 radical (unpaired) electrons. The fourth-order valence-corrected chi connectivity index (χ4v) is 5.36. The van der Waals surface area contributed by atoms with Crippen LogP contribution in [0.3, 0.4) is 0 Å². The van der Waals surface area contributed by atoms with Gasteiger partial charge in [0.05, 0.1) is 6.04 Å². The van der Waals surface area contributed by atoms with E-state index < -0.39 is 5.60 Å². The first kappa shape index (κ1) is 17.8. The van der Waals surface area contributed by atoms with E-state index in [1.54, 1.807) is 6.08 Å². The van der Waals surface area contributed by atoms with Crippen molar-refractivity contribution >= 4 is 5.97 Å². The maximum absolute atomic E-state index is 12.2. The van der Waals surface area contributed by atoms with Crippen LogP contribution in [0.5, 0.6) is 0 Å². The van der Waals surface area contributed by atoms with Crippen molar-refractivity contribution in [3.8, 4) is 11.8 Å². The lowest BCUT2D eigenvalue weighted by Gasteiger charge is -2.38. The van der Waals surface area contributed by atoms with Gasteiger partial charge in [0.2, 0.25) is 0 Å². The Bertz CT molecular complexity index is 951. The van der Waals surface area contributed by atoms with Crippen molar-refractivity contribution in [2.75, 3.05) is 6.54 Å². The average molecular weight is 373 g/mol. The summed E-state index contributed by atoms with van der Waals surface area (Å²) in [4.78, 5) is 14.8. The summed E-state index contributed by atoms with van der Waals surface area (Å²) in [5, 5.41) is 0. The van der Waals surface area contributed by atoms with E-state index in [1.165, 1.54) is 18.4 Å². The summed E-state index contributed by atoms with van der Waals surface area (Å²) in [6, 6.07) is 9.15. The summed E-state index contributed by atoms with van der Waals surface area (Å²) in [5.74, 6) is 6.50.